The molecule has 37 heavy (non-hydrogen) atoms. The predicted octanol–water partition coefficient (Wildman–Crippen LogP) is 6.79. The summed E-state index contributed by atoms with van der Waals surface area (Å²) in [5, 5.41) is 0.667. The van der Waals surface area contributed by atoms with Crippen LogP contribution in [0, 0.1) is 0 Å². The second-order valence-corrected chi connectivity index (χ2v) is 11.9. The van der Waals surface area contributed by atoms with E-state index in [4.69, 9.17) is 16.3 Å². The van der Waals surface area contributed by atoms with Crippen molar-refractivity contribution in [2.45, 2.75) is 42.5 Å². The molecule has 0 bridgehead atoms. The Morgan fingerprint density at radius 1 is 1.03 bits per heavy atom. The predicted molar refractivity (Wildman–Crippen MR) is 153 cm³/mol. The Bertz CT molecular complexity index is 1220. The lowest BCUT2D eigenvalue weighted by Crippen LogP contribution is -2.36. The molecule has 0 radical (unpaired) electrons. The molecule has 1 aliphatic heterocycles. The van der Waals surface area contributed by atoms with Crippen LogP contribution in [0.25, 0.3) is 0 Å². The first-order valence-electron chi connectivity index (χ1n) is 12.5. The molecule has 1 saturated heterocycles. The number of hydrogen-bond acceptors (Lipinski definition) is 4. The lowest BCUT2D eigenvalue weighted by atomic mass is 9.92. The van der Waals surface area contributed by atoms with Gasteiger partial charge in [0.05, 0.1) is 12.0 Å². The highest BCUT2D eigenvalue weighted by molar-refractivity contribution is 7.89. The maximum absolute atomic E-state index is 13.2. The van der Waals surface area contributed by atoms with Gasteiger partial charge in [-0.25, -0.2) is 12.7 Å². The zero-order valence-corrected chi connectivity index (χ0v) is 23.8. The van der Waals surface area contributed by atoms with Crippen molar-refractivity contribution in [2.75, 3.05) is 33.8 Å². The molecule has 3 aromatic carbocycles. The second-order valence-electron chi connectivity index (χ2n) is 9.46. The average molecular weight is 564 g/mol. The Labute approximate surface area is 232 Å². The number of nitrogens with zero attached hydrogens (tertiary/aromatic N) is 2. The van der Waals surface area contributed by atoms with Crippen LogP contribution in [0.3, 0.4) is 0 Å². The van der Waals surface area contributed by atoms with Gasteiger partial charge in [-0.3, -0.25) is 4.90 Å². The number of halogens is 2. The van der Waals surface area contributed by atoms with Crippen LogP contribution in [0.1, 0.15) is 48.8 Å². The summed E-state index contributed by atoms with van der Waals surface area (Å²) in [6.07, 6.45) is 4.35. The summed E-state index contributed by atoms with van der Waals surface area (Å²) in [5.74, 6) is 0.885. The number of hydrogen-bond donors (Lipinski definition) is 0. The van der Waals surface area contributed by atoms with Crippen molar-refractivity contribution in [1.82, 2.24) is 9.21 Å². The van der Waals surface area contributed by atoms with Crippen LogP contribution in [0.5, 0.6) is 5.75 Å². The third-order valence-corrected chi connectivity index (χ3v) is 9.20. The van der Waals surface area contributed by atoms with E-state index in [0.29, 0.717) is 22.5 Å². The SMILES string of the molecule is COc1ccc(C2CCCCN2CCC(CN(C)S(=O)(=O)c2ccccc2)c2cccc(Cl)c2)cc1.Cl. The number of likely N-dealkylation sites (N-methyl/N-ethyl adjacent to an activating group) is 1. The molecule has 0 spiro atoms. The van der Waals surface area contributed by atoms with E-state index in [1.807, 2.05) is 36.4 Å². The minimum absolute atomic E-state index is 0. The van der Waals surface area contributed by atoms with Crippen molar-refractivity contribution in [1.29, 1.82) is 0 Å². The fourth-order valence-corrected chi connectivity index (χ4v) is 6.52. The third kappa shape index (κ3) is 7.49. The number of benzene rings is 3. The highest BCUT2D eigenvalue weighted by Crippen LogP contribution is 2.34. The van der Waals surface area contributed by atoms with Crippen molar-refractivity contribution in [3.63, 3.8) is 0 Å². The van der Waals surface area contributed by atoms with Gasteiger partial charge in [-0.15, -0.1) is 12.4 Å². The standard InChI is InChI=1S/C29H35ClN2O3S.ClH/c1-31(36(33,34)28-11-4-3-5-12-28)22-25(24-9-8-10-26(30)21-24)18-20-32-19-7-6-13-29(32)23-14-16-27(35-2)17-15-23;/h3-5,8-12,14-17,21,25,29H,6-7,13,18-20,22H2,1-2H3;1H. The summed E-state index contributed by atoms with van der Waals surface area (Å²) in [6.45, 7) is 2.31. The molecule has 0 N–H and O–H groups in total. The molecule has 8 heteroatoms. The Morgan fingerprint density at radius 3 is 2.43 bits per heavy atom. The fourth-order valence-electron chi connectivity index (χ4n) is 5.09. The van der Waals surface area contributed by atoms with E-state index in [2.05, 4.69) is 23.1 Å². The van der Waals surface area contributed by atoms with Crippen LogP contribution in [0.4, 0.5) is 0 Å². The zero-order valence-electron chi connectivity index (χ0n) is 21.4. The third-order valence-electron chi connectivity index (χ3n) is 7.13. The second kappa shape index (κ2) is 13.6. The van der Waals surface area contributed by atoms with E-state index in [1.165, 1.54) is 22.7 Å². The van der Waals surface area contributed by atoms with Crippen molar-refractivity contribution in [3.05, 3.63) is 95.0 Å². The van der Waals surface area contributed by atoms with Crippen LogP contribution in [-0.4, -0.2) is 51.4 Å². The molecule has 1 fully saturated rings. The molecule has 0 amide bonds. The summed E-state index contributed by atoms with van der Waals surface area (Å²) in [5.41, 5.74) is 2.37. The number of piperidine rings is 1. The maximum Gasteiger partial charge on any atom is 0.242 e. The smallest absolute Gasteiger partial charge is 0.242 e. The van der Waals surface area contributed by atoms with E-state index in [-0.39, 0.29) is 18.3 Å². The van der Waals surface area contributed by atoms with Gasteiger partial charge < -0.3 is 4.74 Å². The summed E-state index contributed by atoms with van der Waals surface area (Å²) in [4.78, 5) is 2.86. The molecule has 3 aromatic rings. The summed E-state index contributed by atoms with van der Waals surface area (Å²) < 4.78 is 33.3. The molecule has 4 rings (SSSR count). The monoisotopic (exact) mass is 562 g/mol. The molecule has 5 nitrogen and oxygen atoms in total. The van der Waals surface area contributed by atoms with Crippen LogP contribution in [-0.2, 0) is 10.0 Å². The average Bonchev–Trinajstić information content (AvgIpc) is 2.91. The number of rotatable bonds is 10. The Morgan fingerprint density at radius 2 is 1.76 bits per heavy atom. The Kier molecular flexibility index (Phi) is 10.9. The van der Waals surface area contributed by atoms with Gasteiger partial charge in [-0.1, -0.05) is 60.5 Å². The molecule has 0 aromatic heterocycles. The molecule has 2 unspecified atom stereocenters. The first kappa shape index (κ1) is 29.5. The van der Waals surface area contributed by atoms with Crippen molar-refractivity contribution < 1.29 is 13.2 Å². The lowest BCUT2D eigenvalue weighted by Gasteiger charge is -2.37. The molecular weight excluding hydrogens is 527 g/mol. The quantitative estimate of drug-likeness (QED) is 0.273. The lowest BCUT2D eigenvalue weighted by molar-refractivity contribution is 0.142. The van der Waals surface area contributed by atoms with Gasteiger partial charge in [0.15, 0.2) is 0 Å². The number of ether oxygens (including phenoxy) is 1. The van der Waals surface area contributed by atoms with E-state index >= 15 is 0 Å². The Balaban J connectivity index is 0.00000380. The molecule has 1 heterocycles. The van der Waals surface area contributed by atoms with Gasteiger partial charge in [-0.2, -0.15) is 0 Å². The molecule has 2 atom stereocenters. The maximum atomic E-state index is 13.2. The highest BCUT2D eigenvalue weighted by Gasteiger charge is 2.28. The highest BCUT2D eigenvalue weighted by atomic mass is 35.5. The topological polar surface area (TPSA) is 49.9 Å². The molecule has 200 valence electrons. The van der Waals surface area contributed by atoms with Gasteiger partial charge in [0, 0.05) is 24.7 Å². The first-order chi connectivity index (χ1) is 17.4. The van der Waals surface area contributed by atoms with Gasteiger partial charge in [0.25, 0.3) is 0 Å². The van der Waals surface area contributed by atoms with Gasteiger partial charge in [0.2, 0.25) is 10.0 Å². The number of likely N-dealkylation sites (tertiary alicyclic amines) is 1. The van der Waals surface area contributed by atoms with Gasteiger partial charge >= 0.3 is 0 Å². The summed E-state index contributed by atoms with van der Waals surface area (Å²) >= 11 is 6.34. The number of sulfonamides is 1. The van der Waals surface area contributed by atoms with Crippen molar-refractivity contribution >= 4 is 34.0 Å². The van der Waals surface area contributed by atoms with Crippen molar-refractivity contribution in [2.24, 2.45) is 0 Å². The van der Waals surface area contributed by atoms with E-state index in [0.717, 1.165) is 37.2 Å². The molecule has 0 aliphatic carbocycles. The molecule has 1 aliphatic rings. The minimum atomic E-state index is -3.58. The minimum Gasteiger partial charge on any atom is -0.497 e. The fraction of sp³-hybridized carbons (Fsp3) is 0.379. The molecular formula is C29H36Cl2N2O3S. The van der Waals surface area contributed by atoms with E-state index < -0.39 is 10.0 Å². The number of methoxy groups -OCH3 is 1. The molecule has 0 saturated carbocycles. The summed E-state index contributed by atoms with van der Waals surface area (Å²) in [7, 11) is -0.226. The normalized spacial score (nSPS) is 17.2. The van der Waals surface area contributed by atoms with E-state index in [9.17, 15) is 8.42 Å². The van der Waals surface area contributed by atoms with E-state index in [1.54, 1.807) is 38.4 Å². The van der Waals surface area contributed by atoms with Gasteiger partial charge in [0.1, 0.15) is 5.75 Å². The van der Waals surface area contributed by atoms with Crippen LogP contribution < -0.4 is 4.74 Å². The van der Waals surface area contributed by atoms with Crippen LogP contribution in [0.15, 0.2) is 83.8 Å². The van der Waals surface area contributed by atoms with Crippen LogP contribution in [0.2, 0.25) is 5.02 Å². The zero-order chi connectivity index (χ0) is 25.5. The Hall–Kier alpha value is -2.09. The summed E-state index contributed by atoms with van der Waals surface area (Å²) in [6, 6.07) is 25.2. The largest absolute Gasteiger partial charge is 0.497 e. The van der Waals surface area contributed by atoms with Crippen LogP contribution >= 0.6 is 24.0 Å². The van der Waals surface area contributed by atoms with Gasteiger partial charge in [-0.05, 0) is 85.8 Å². The van der Waals surface area contributed by atoms with Crippen molar-refractivity contribution in [3.8, 4) is 5.75 Å². The first-order valence-corrected chi connectivity index (χ1v) is 14.3.